The lowest BCUT2D eigenvalue weighted by atomic mass is 10.1. The summed E-state index contributed by atoms with van der Waals surface area (Å²) >= 11 is 0. The molecular formula is C16H18N2O4. The van der Waals surface area contributed by atoms with Gasteiger partial charge in [-0.05, 0) is 49.9 Å². The Balaban J connectivity index is 0.000000220. The molecule has 6 heteroatoms. The van der Waals surface area contributed by atoms with Crippen LogP contribution in [0.25, 0.3) is 0 Å². The van der Waals surface area contributed by atoms with Crippen LogP contribution in [-0.4, -0.2) is 9.85 Å². The fraction of sp³-hybridized carbons (Fsp3) is 0.250. The van der Waals surface area contributed by atoms with Gasteiger partial charge in [0.1, 0.15) is 0 Å². The molecule has 6 nitrogen and oxygen atoms in total. The highest BCUT2D eigenvalue weighted by molar-refractivity contribution is 5.39. The van der Waals surface area contributed by atoms with Crippen LogP contribution in [0.15, 0.2) is 36.4 Å². The minimum Gasteiger partial charge on any atom is -0.258 e. The standard InChI is InChI=1S/2C8H9NO2/c2*1-6-3-4-8(9(10)11)5-7(6)2/h2*3-5H,1-2H3. The van der Waals surface area contributed by atoms with E-state index < -0.39 is 0 Å². The summed E-state index contributed by atoms with van der Waals surface area (Å²) in [5.41, 5.74) is 4.39. The molecule has 0 N–H and O–H groups in total. The number of benzene rings is 2. The van der Waals surface area contributed by atoms with Gasteiger partial charge in [-0.25, -0.2) is 0 Å². The largest absolute Gasteiger partial charge is 0.269 e. The van der Waals surface area contributed by atoms with Crippen molar-refractivity contribution < 1.29 is 9.85 Å². The molecule has 0 aliphatic heterocycles. The first kappa shape index (κ1) is 17.3. The van der Waals surface area contributed by atoms with Crippen molar-refractivity contribution in [1.29, 1.82) is 0 Å². The van der Waals surface area contributed by atoms with Crippen LogP contribution in [0.1, 0.15) is 22.3 Å². The molecule has 0 saturated heterocycles. The van der Waals surface area contributed by atoms with Crippen molar-refractivity contribution in [2.45, 2.75) is 27.7 Å². The normalized spacial score (nSPS) is 9.64. The molecule has 0 atom stereocenters. The van der Waals surface area contributed by atoms with Crippen molar-refractivity contribution >= 4 is 11.4 Å². The lowest BCUT2D eigenvalue weighted by Gasteiger charge is -1.97. The summed E-state index contributed by atoms with van der Waals surface area (Å²) in [5, 5.41) is 20.5. The fourth-order valence-corrected chi connectivity index (χ4v) is 1.68. The van der Waals surface area contributed by atoms with E-state index in [0.717, 1.165) is 22.3 Å². The predicted molar refractivity (Wildman–Crippen MR) is 85.1 cm³/mol. The Bertz CT molecular complexity index is 650. The second kappa shape index (κ2) is 7.31. The summed E-state index contributed by atoms with van der Waals surface area (Å²) in [5.74, 6) is 0. The van der Waals surface area contributed by atoms with Gasteiger partial charge in [-0.2, -0.15) is 0 Å². The van der Waals surface area contributed by atoms with Gasteiger partial charge in [0.05, 0.1) is 9.85 Å². The first-order valence-electron chi connectivity index (χ1n) is 6.65. The number of rotatable bonds is 2. The molecule has 0 amide bonds. The molecule has 0 spiro atoms. The molecular weight excluding hydrogens is 284 g/mol. The van der Waals surface area contributed by atoms with Crippen molar-refractivity contribution in [2.75, 3.05) is 0 Å². The van der Waals surface area contributed by atoms with E-state index in [9.17, 15) is 20.2 Å². The van der Waals surface area contributed by atoms with E-state index in [1.165, 1.54) is 12.1 Å². The third-order valence-corrected chi connectivity index (χ3v) is 3.40. The van der Waals surface area contributed by atoms with Gasteiger partial charge >= 0.3 is 0 Å². The van der Waals surface area contributed by atoms with Crippen molar-refractivity contribution in [1.82, 2.24) is 0 Å². The van der Waals surface area contributed by atoms with E-state index in [0.29, 0.717) is 0 Å². The Morgan fingerprint density at radius 3 is 1.18 bits per heavy atom. The average Bonchev–Trinajstić information content (AvgIpc) is 2.45. The van der Waals surface area contributed by atoms with Crippen LogP contribution in [0.3, 0.4) is 0 Å². The molecule has 0 aliphatic carbocycles. The Kier molecular flexibility index (Phi) is 5.74. The molecule has 2 aromatic rings. The van der Waals surface area contributed by atoms with Crippen molar-refractivity contribution in [3.8, 4) is 0 Å². The van der Waals surface area contributed by atoms with Crippen LogP contribution in [-0.2, 0) is 0 Å². The highest BCUT2D eigenvalue weighted by Gasteiger charge is 2.05. The van der Waals surface area contributed by atoms with Crippen LogP contribution in [0, 0.1) is 47.9 Å². The van der Waals surface area contributed by atoms with E-state index in [1.54, 1.807) is 24.3 Å². The Morgan fingerprint density at radius 2 is 0.955 bits per heavy atom. The van der Waals surface area contributed by atoms with Crippen LogP contribution >= 0.6 is 0 Å². The maximum absolute atomic E-state index is 10.3. The zero-order valence-corrected chi connectivity index (χ0v) is 13.0. The van der Waals surface area contributed by atoms with E-state index in [2.05, 4.69) is 0 Å². The molecule has 0 saturated carbocycles. The number of hydrogen-bond acceptors (Lipinski definition) is 4. The Hall–Kier alpha value is -2.76. The number of aryl methyl sites for hydroxylation is 4. The molecule has 2 aromatic carbocycles. The van der Waals surface area contributed by atoms with E-state index in [4.69, 9.17) is 0 Å². The number of nitro groups is 2. The average molecular weight is 302 g/mol. The number of nitro benzene ring substituents is 2. The monoisotopic (exact) mass is 302 g/mol. The first-order valence-corrected chi connectivity index (χ1v) is 6.65. The number of nitrogens with zero attached hydrogens (tertiary/aromatic N) is 2. The first-order chi connectivity index (χ1) is 10.2. The molecule has 22 heavy (non-hydrogen) atoms. The second-order valence-corrected chi connectivity index (χ2v) is 5.05. The Morgan fingerprint density at radius 1 is 0.636 bits per heavy atom. The van der Waals surface area contributed by atoms with Crippen molar-refractivity contribution in [3.05, 3.63) is 78.9 Å². The number of non-ortho nitro benzene ring substituents is 2. The van der Waals surface area contributed by atoms with Crippen LogP contribution < -0.4 is 0 Å². The van der Waals surface area contributed by atoms with Gasteiger partial charge in [0, 0.05) is 24.3 Å². The summed E-state index contributed by atoms with van der Waals surface area (Å²) in [7, 11) is 0. The van der Waals surface area contributed by atoms with Gasteiger partial charge in [-0.3, -0.25) is 20.2 Å². The third-order valence-electron chi connectivity index (χ3n) is 3.40. The molecule has 0 bridgehead atoms. The molecule has 116 valence electrons. The maximum Gasteiger partial charge on any atom is 0.269 e. The van der Waals surface area contributed by atoms with E-state index in [-0.39, 0.29) is 21.2 Å². The second-order valence-electron chi connectivity index (χ2n) is 5.05. The minimum atomic E-state index is -0.382. The summed E-state index contributed by atoms with van der Waals surface area (Å²) in [6.07, 6.45) is 0. The number of hydrogen-bond donors (Lipinski definition) is 0. The summed E-state index contributed by atoms with van der Waals surface area (Å²) < 4.78 is 0. The van der Waals surface area contributed by atoms with Gasteiger partial charge in [-0.1, -0.05) is 12.1 Å². The Labute approximate surface area is 128 Å². The summed E-state index contributed by atoms with van der Waals surface area (Å²) in [4.78, 5) is 19.8. The molecule has 0 aliphatic rings. The predicted octanol–water partition coefficient (Wildman–Crippen LogP) is 4.42. The smallest absolute Gasteiger partial charge is 0.258 e. The molecule has 0 fully saturated rings. The van der Waals surface area contributed by atoms with Gasteiger partial charge in [0.2, 0.25) is 0 Å². The lowest BCUT2D eigenvalue weighted by Crippen LogP contribution is -1.89. The van der Waals surface area contributed by atoms with Crippen molar-refractivity contribution in [3.63, 3.8) is 0 Å². The molecule has 0 heterocycles. The topological polar surface area (TPSA) is 86.3 Å². The molecule has 0 radical (unpaired) electrons. The van der Waals surface area contributed by atoms with Crippen LogP contribution in [0.2, 0.25) is 0 Å². The summed E-state index contributed by atoms with van der Waals surface area (Å²) in [6.45, 7) is 7.59. The van der Waals surface area contributed by atoms with Crippen molar-refractivity contribution in [2.24, 2.45) is 0 Å². The molecule has 0 unspecified atom stereocenters. The van der Waals surface area contributed by atoms with E-state index in [1.807, 2.05) is 27.7 Å². The highest BCUT2D eigenvalue weighted by atomic mass is 16.6. The zero-order valence-electron chi connectivity index (χ0n) is 13.0. The van der Waals surface area contributed by atoms with Crippen LogP contribution in [0.4, 0.5) is 11.4 Å². The van der Waals surface area contributed by atoms with Gasteiger partial charge in [0.15, 0.2) is 0 Å². The molecule has 2 rings (SSSR count). The van der Waals surface area contributed by atoms with Gasteiger partial charge < -0.3 is 0 Å². The summed E-state index contributed by atoms with van der Waals surface area (Å²) in [6, 6.07) is 9.70. The lowest BCUT2D eigenvalue weighted by molar-refractivity contribution is -0.385. The van der Waals surface area contributed by atoms with E-state index >= 15 is 0 Å². The quantitative estimate of drug-likeness (QED) is 0.606. The SMILES string of the molecule is Cc1ccc([N+](=O)[O-])cc1C.Cc1ccc([N+](=O)[O-])cc1C. The molecule has 0 aromatic heterocycles. The van der Waals surface area contributed by atoms with Crippen LogP contribution in [0.5, 0.6) is 0 Å². The zero-order chi connectivity index (χ0) is 16.9. The fourth-order valence-electron chi connectivity index (χ4n) is 1.68. The van der Waals surface area contributed by atoms with Gasteiger partial charge in [0.25, 0.3) is 11.4 Å². The minimum absolute atomic E-state index is 0.160. The third kappa shape index (κ3) is 4.66. The van der Waals surface area contributed by atoms with Gasteiger partial charge in [-0.15, -0.1) is 0 Å². The highest BCUT2D eigenvalue weighted by Crippen LogP contribution is 2.16. The maximum atomic E-state index is 10.3.